The van der Waals surface area contributed by atoms with Gasteiger partial charge in [-0.2, -0.15) is 0 Å². The molecule has 0 radical (unpaired) electrons. The summed E-state index contributed by atoms with van der Waals surface area (Å²) in [6, 6.07) is 4.03. The van der Waals surface area contributed by atoms with Crippen LogP contribution in [0.5, 0.6) is 0 Å². The second kappa shape index (κ2) is 5.38. The van der Waals surface area contributed by atoms with Crippen LogP contribution in [0, 0.1) is 11.6 Å². The molecular formula is C14H17F2N3. The van der Waals surface area contributed by atoms with Gasteiger partial charge in [-0.05, 0) is 18.6 Å². The van der Waals surface area contributed by atoms with E-state index in [0.29, 0.717) is 17.9 Å². The molecule has 0 saturated carbocycles. The van der Waals surface area contributed by atoms with Crippen molar-refractivity contribution < 1.29 is 8.78 Å². The molecule has 0 amide bonds. The van der Waals surface area contributed by atoms with Gasteiger partial charge < -0.3 is 10.3 Å². The second-order valence-corrected chi connectivity index (χ2v) is 4.37. The van der Waals surface area contributed by atoms with Gasteiger partial charge in [-0.1, -0.05) is 19.9 Å². The predicted molar refractivity (Wildman–Crippen MR) is 71.7 cm³/mol. The summed E-state index contributed by atoms with van der Waals surface area (Å²) in [5, 5.41) is 0. The van der Waals surface area contributed by atoms with E-state index in [1.54, 1.807) is 0 Å². The van der Waals surface area contributed by atoms with Gasteiger partial charge in [0.05, 0.1) is 0 Å². The summed E-state index contributed by atoms with van der Waals surface area (Å²) >= 11 is 0. The SMILES string of the molecule is CCCn1c(CC)nc(-c2cccc(F)c2F)c1N. The van der Waals surface area contributed by atoms with Crippen LogP contribution in [0.25, 0.3) is 11.3 Å². The van der Waals surface area contributed by atoms with Crippen LogP contribution < -0.4 is 5.73 Å². The van der Waals surface area contributed by atoms with Crippen LogP contribution in [0.1, 0.15) is 26.1 Å². The molecule has 2 rings (SSSR count). The highest BCUT2D eigenvalue weighted by atomic mass is 19.2. The van der Waals surface area contributed by atoms with Crippen LogP contribution >= 0.6 is 0 Å². The van der Waals surface area contributed by atoms with Crippen LogP contribution in [0.2, 0.25) is 0 Å². The molecular weight excluding hydrogens is 248 g/mol. The van der Waals surface area contributed by atoms with Crippen molar-refractivity contribution in [2.75, 3.05) is 5.73 Å². The largest absolute Gasteiger partial charge is 0.383 e. The number of hydrogen-bond acceptors (Lipinski definition) is 2. The maximum atomic E-state index is 13.8. The van der Waals surface area contributed by atoms with E-state index in [1.165, 1.54) is 12.1 Å². The normalized spacial score (nSPS) is 10.9. The Balaban J connectivity index is 2.60. The Morgan fingerprint density at radius 3 is 2.63 bits per heavy atom. The monoisotopic (exact) mass is 265 g/mol. The molecule has 19 heavy (non-hydrogen) atoms. The smallest absolute Gasteiger partial charge is 0.168 e. The van der Waals surface area contributed by atoms with Gasteiger partial charge in [-0.25, -0.2) is 13.8 Å². The summed E-state index contributed by atoms with van der Waals surface area (Å²) in [5.74, 6) is -0.612. The third-order valence-electron chi connectivity index (χ3n) is 3.06. The molecule has 3 nitrogen and oxygen atoms in total. The lowest BCUT2D eigenvalue weighted by atomic mass is 10.1. The van der Waals surface area contributed by atoms with E-state index >= 15 is 0 Å². The molecule has 5 heteroatoms. The lowest BCUT2D eigenvalue weighted by Gasteiger charge is -2.07. The minimum Gasteiger partial charge on any atom is -0.383 e. The average Bonchev–Trinajstić information content (AvgIpc) is 2.71. The fourth-order valence-corrected chi connectivity index (χ4v) is 2.14. The molecule has 2 N–H and O–H groups in total. The fraction of sp³-hybridized carbons (Fsp3) is 0.357. The van der Waals surface area contributed by atoms with Gasteiger partial charge in [-0.3, -0.25) is 0 Å². The van der Waals surface area contributed by atoms with Gasteiger partial charge >= 0.3 is 0 Å². The third-order valence-corrected chi connectivity index (χ3v) is 3.06. The van der Waals surface area contributed by atoms with Gasteiger partial charge in [0.2, 0.25) is 0 Å². The van der Waals surface area contributed by atoms with E-state index in [4.69, 9.17) is 5.73 Å². The van der Waals surface area contributed by atoms with E-state index in [-0.39, 0.29) is 5.56 Å². The first-order valence-electron chi connectivity index (χ1n) is 6.39. The van der Waals surface area contributed by atoms with E-state index in [0.717, 1.165) is 24.9 Å². The van der Waals surface area contributed by atoms with Gasteiger partial charge in [0.1, 0.15) is 17.3 Å². The highest BCUT2D eigenvalue weighted by molar-refractivity contribution is 5.71. The Hall–Kier alpha value is -1.91. The summed E-state index contributed by atoms with van der Waals surface area (Å²) in [5.41, 5.74) is 6.46. The Bertz CT molecular complexity index is 591. The van der Waals surface area contributed by atoms with E-state index in [9.17, 15) is 8.78 Å². The summed E-state index contributed by atoms with van der Waals surface area (Å²) in [6.45, 7) is 4.71. The summed E-state index contributed by atoms with van der Waals surface area (Å²) in [6.07, 6.45) is 1.60. The number of nitrogens with zero attached hydrogens (tertiary/aromatic N) is 2. The van der Waals surface area contributed by atoms with Crippen molar-refractivity contribution in [3.63, 3.8) is 0 Å². The summed E-state index contributed by atoms with van der Waals surface area (Å²) in [7, 11) is 0. The summed E-state index contributed by atoms with van der Waals surface area (Å²) in [4.78, 5) is 4.35. The highest BCUT2D eigenvalue weighted by Crippen LogP contribution is 2.29. The van der Waals surface area contributed by atoms with Crippen molar-refractivity contribution in [2.45, 2.75) is 33.2 Å². The molecule has 0 spiro atoms. The molecule has 0 aliphatic heterocycles. The maximum Gasteiger partial charge on any atom is 0.168 e. The second-order valence-electron chi connectivity index (χ2n) is 4.37. The molecule has 1 aromatic carbocycles. The number of benzene rings is 1. The number of nitrogens with two attached hydrogens (primary N) is 1. The Kier molecular flexibility index (Phi) is 3.83. The van der Waals surface area contributed by atoms with Crippen molar-refractivity contribution in [3.8, 4) is 11.3 Å². The van der Waals surface area contributed by atoms with Crippen molar-refractivity contribution in [3.05, 3.63) is 35.7 Å². The van der Waals surface area contributed by atoms with Crippen molar-refractivity contribution in [2.24, 2.45) is 0 Å². The summed E-state index contributed by atoms with van der Waals surface area (Å²) < 4.78 is 29.0. The van der Waals surface area contributed by atoms with Crippen LogP contribution in [0.4, 0.5) is 14.6 Å². The first-order valence-corrected chi connectivity index (χ1v) is 6.39. The number of halogens is 2. The Morgan fingerprint density at radius 1 is 1.26 bits per heavy atom. The number of rotatable bonds is 4. The van der Waals surface area contributed by atoms with Crippen molar-refractivity contribution in [1.82, 2.24) is 9.55 Å². The molecule has 0 fully saturated rings. The maximum absolute atomic E-state index is 13.8. The number of aromatic nitrogens is 2. The zero-order valence-electron chi connectivity index (χ0n) is 11.1. The molecule has 0 aliphatic carbocycles. The number of imidazole rings is 1. The minimum atomic E-state index is -0.905. The number of aryl methyl sites for hydroxylation is 1. The lowest BCUT2D eigenvalue weighted by molar-refractivity contribution is 0.511. The van der Waals surface area contributed by atoms with Crippen LogP contribution in [-0.4, -0.2) is 9.55 Å². The molecule has 1 heterocycles. The van der Waals surface area contributed by atoms with E-state index in [2.05, 4.69) is 4.98 Å². The molecule has 0 unspecified atom stereocenters. The number of hydrogen-bond donors (Lipinski definition) is 1. The standard InChI is InChI=1S/C14H17F2N3/c1-3-8-19-11(4-2)18-13(14(19)17)9-6-5-7-10(15)12(9)16/h5-7H,3-4,8,17H2,1-2H3. The molecule has 102 valence electrons. The van der Waals surface area contributed by atoms with Crippen LogP contribution in [-0.2, 0) is 13.0 Å². The zero-order valence-corrected chi connectivity index (χ0v) is 11.1. The number of nitrogen functional groups attached to an aromatic ring is 1. The Morgan fingerprint density at radius 2 is 2.00 bits per heavy atom. The van der Waals surface area contributed by atoms with E-state index < -0.39 is 11.6 Å². The molecule has 0 bridgehead atoms. The fourth-order valence-electron chi connectivity index (χ4n) is 2.14. The molecule has 1 aromatic heterocycles. The van der Waals surface area contributed by atoms with Gasteiger partial charge in [0.15, 0.2) is 11.6 Å². The van der Waals surface area contributed by atoms with Crippen molar-refractivity contribution in [1.29, 1.82) is 0 Å². The Labute approximate surface area is 111 Å². The van der Waals surface area contributed by atoms with Crippen molar-refractivity contribution >= 4 is 5.82 Å². The highest BCUT2D eigenvalue weighted by Gasteiger charge is 2.19. The molecule has 2 aromatic rings. The number of anilines is 1. The first kappa shape index (κ1) is 13.5. The minimum absolute atomic E-state index is 0.113. The molecule has 0 saturated heterocycles. The molecule has 0 atom stereocenters. The van der Waals surface area contributed by atoms with Gasteiger partial charge in [0, 0.05) is 18.5 Å². The topological polar surface area (TPSA) is 43.8 Å². The van der Waals surface area contributed by atoms with Crippen LogP contribution in [0.15, 0.2) is 18.2 Å². The zero-order chi connectivity index (χ0) is 14.0. The van der Waals surface area contributed by atoms with Gasteiger partial charge in [0.25, 0.3) is 0 Å². The average molecular weight is 265 g/mol. The van der Waals surface area contributed by atoms with Gasteiger partial charge in [-0.15, -0.1) is 0 Å². The lowest BCUT2D eigenvalue weighted by Crippen LogP contribution is -2.06. The van der Waals surface area contributed by atoms with E-state index in [1.807, 2.05) is 18.4 Å². The quantitative estimate of drug-likeness (QED) is 0.921. The third kappa shape index (κ3) is 2.32. The first-order chi connectivity index (χ1) is 9.10. The predicted octanol–water partition coefficient (Wildman–Crippen LogP) is 3.38. The molecule has 0 aliphatic rings. The van der Waals surface area contributed by atoms with Crippen LogP contribution in [0.3, 0.4) is 0 Å².